The summed E-state index contributed by atoms with van der Waals surface area (Å²) >= 11 is 1.28. The van der Waals surface area contributed by atoms with Gasteiger partial charge in [0, 0.05) is 17.4 Å². The van der Waals surface area contributed by atoms with Crippen LogP contribution in [0.4, 0.5) is 10.1 Å². The Labute approximate surface area is 190 Å². The molecule has 1 saturated heterocycles. The maximum absolute atomic E-state index is 13.0. The average Bonchev–Trinajstić information content (AvgIpc) is 2.78. The zero-order valence-electron chi connectivity index (χ0n) is 17.7. The lowest BCUT2D eigenvalue weighted by atomic mass is 9.96. The molecule has 0 spiro atoms. The Bertz CT molecular complexity index is 947. The van der Waals surface area contributed by atoms with Crippen molar-refractivity contribution in [2.75, 3.05) is 30.7 Å². The highest BCUT2D eigenvalue weighted by Crippen LogP contribution is 2.27. The quantitative estimate of drug-likeness (QED) is 0.501. The van der Waals surface area contributed by atoms with E-state index in [9.17, 15) is 18.8 Å². The van der Waals surface area contributed by atoms with E-state index in [1.54, 1.807) is 18.2 Å². The van der Waals surface area contributed by atoms with Gasteiger partial charge in [-0.25, -0.2) is 4.39 Å². The van der Waals surface area contributed by atoms with E-state index in [0.717, 1.165) is 10.5 Å². The molecule has 170 valence electrons. The summed E-state index contributed by atoms with van der Waals surface area (Å²) < 4.78 is 13.0. The predicted molar refractivity (Wildman–Crippen MR) is 122 cm³/mol. The number of primary amides is 1. The number of nitrogens with zero attached hydrogens (tertiary/aromatic N) is 1. The number of benzene rings is 2. The van der Waals surface area contributed by atoms with E-state index < -0.39 is 5.91 Å². The highest BCUT2D eigenvalue weighted by Gasteiger charge is 2.26. The fraction of sp³-hybridized carbons (Fsp3) is 0.348. The zero-order valence-corrected chi connectivity index (χ0v) is 18.5. The SMILES string of the molecule is NC(=O)CSc1ccccc1NC(=O)CN1CCC(C(=O)NCc2ccc(F)cc2)CC1. The number of anilines is 1. The second-order valence-corrected chi connectivity index (χ2v) is 8.71. The lowest BCUT2D eigenvalue weighted by molar-refractivity contribution is -0.126. The van der Waals surface area contributed by atoms with Crippen molar-refractivity contribution in [1.29, 1.82) is 0 Å². The first kappa shape index (κ1) is 23.7. The molecule has 0 unspecified atom stereocenters. The summed E-state index contributed by atoms with van der Waals surface area (Å²) in [6.45, 7) is 1.91. The monoisotopic (exact) mass is 458 g/mol. The molecule has 2 aromatic rings. The molecule has 3 rings (SSSR count). The molecule has 0 bridgehead atoms. The third-order valence-electron chi connectivity index (χ3n) is 5.24. The van der Waals surface area contributed by atoms with Crippen LogP contribution in [-0.2, 0) is 20.9 Å². The average molecular weight is 459 g/mol. The zero-order chi connectivity index (χ0) is 22.9. The number of likely N-dealkylation sites (tertiary alicyclic amines) is 1. The Morgan fingerprint density at radius 3 is 2.44 bits per heavy atom. The summed E-state index contributed by atoms with van der Waals surface area (Å²) in [4.78, 5) is 38.8. The van der Waals surface area contributed by atoms with Crippen molar-refractivity contribution in [3.05, 3.63) is 59.9 Å². The molecule has 1 aliphatic rings. The van der Waals surface area contributed by atoms with Gasteiger partial charge in [0.1, 0.15) is 5.82 Å². The molecule has 1 fully saturated rings. The number of rotatable bonds is 9. The van der Waals surface area contributed by atoms with Crippen LogP contribution in [-0.4, -0.2) is 48.0 Å². The molecule has 2 aromatic carbocycles. The minimum absolute atomic E-state index is 0.0150. The van der Waals surface area contributed by atoms with E-state index in [1.165, 1.54) is 23.9 Å². The summed E-state index contributed by atoms with van der Waals surface area (Å²) in [6.07, 6.45) is 1.35. The molecule has 1 aliphatic heterocycles. The first-order valence-corrected chi connectivity index (χ1v) is 11.4. The molecule has 0 radical (unpaired) electrons. The number of carbonyl (C=O) groups is 3. The number of piperidine rings is 1. The Kier molecular flexibility index (Phi) is 8.64. The van der Waals surface area contributed by atoms with Crippen molar-refractivity contribution in [1.82, 2.24) is 10.2 Å². The maximum Gasteiger partial charge on any atom is 0.238 e. The number of carbonyl (C=O) groups excluding carboxylic acids is 3. The van der Waals surface area contributed by atoms with Gasteiger partial charge in [0.25, 0.3) is 0 Å². The third-order valence-corrected chi connectivity index (χ3v) is 6.33. The van der Waals surface area contributed by atoms with E-state index >= 15 is 0 Å². The Hall–Kier alpha value is -2.91. The predicted octanol–water partition coefficient (Wildman–Crippen LogP) is 2.37. The summed E-state index contributed by atoms with van der Waals surface area (Å²) in [7, 11) is 0. The van der Waals surface area contributed by atoms with E-state index in [2.05, 4.69) is 10.6 Å². The number of hydrogen-bond acceptors (Lipinski definition) is 5. The molecule has 1 heterocycles. The van der Waals surface area contributed by atoms with E-state index in [1.807, 2.05) is 23.1 Å². The highest BCUT2D eigenvalue weighted by atomic mass is 32.2. The third kappa shape index (κ3) is 7.35. The molecule has 0 atom stereocenters. The number of thioether (sulfide) groups is 1. The minimum Gasteiger partial charge on any atom is -0.369 e. The van der Waals surface area contributed by atoms with E-state index in [-0.39, 0.29) is 35.8 Å². The summed E-state index contributed by atoms with van der Waals surface area (Å²) in [6, 6.07) is 13.3. The van der Waals surface area contributed by atoms with Crippen LogP contribution in [0.5, 0.6) is 0 Å². The van der Waals surface area contributed by atoms with Crippen LogP contribution >= 0.6 is 11.8 Å². The largest absolute Gasteiger partial charge is 0.369 e. The lowest BCUT2D eigenvalue weighted by Gasteiger charge is -2.30. The fourth-order valence-corrected chi connectivity index (χ4v) is 4.27. The van der Waals surface area contributed by atoms with Gasteiger partial charge in [0.05, 0.1) is 18.0 Å². The Morgan fingerprint density at radius 2 is 1.75 bits per heavy atom. The number of hydrogen-bond donors (Lipinski definition) is 3. The van der Waals surface area contributed by atoms with Crippen molar-refractivity contribution < 1.29 is 18.8 Å². The smallest absolute Gasteiger partial charge is 0.238 e. The van der Waals surface area contributed by atoms with Gasteiger partial charge in [-0.2, -0.15) is 0 Å². The molecule has 9 heteroatoms. The molecule has 4 N–H and O–H groups in total. The van der Waals surface area contributed by atoms with Crippen molar-refractivity contribution in [3.8, 4) is 0 Å². The van der Waals surface area contributed by atoms with E-state index in [0.29, 0.717) is 38.2 Å². The van der Waals surface area contributed by atoms with Crippen molar-refractivity contribution >= 4 is 35.2 Å². The van der Waals surface area contributed by atoms with Gasteiger partial charge in [0.15, 0.2) is 0 Å². The minimum atomic E-state index is -0.416. The highest BCUT2D eigenvalue weighted by molar-refractivity contribution is 8.00. The van der Waals surface area contributed by atoms with Gasteiger partial charge >= 0.3 is 0 Å². The summed E-state index contributed by atoms with van der Waals surface area (Å²) in [5.74, 6) is -0.829. The molecule has 0 aromatic heterocycles. The molecular weight excluding hydrogens is 431 g/mol. The number of nitrogens with one attached hydrogen (secondary N) is 2. The van der Waals surface area contributed by atoms with Crippen LogP contribution in [0.25, 0.3) is 0 Å². The van der Waals surface area contributed by atoms with Crippen LogP contribution in [0.2, 0.25) is 0 Å². The number of halogens is 1. The number of amides is 3. The Morgan fingerprint density at radius 1 is 1.06 bits per heavy atom. The molecule has 0 saturated carbocycles. The van der Waals surface area contributed by atoms with Crippen molar-refractivity contribution in [3.63, 3.8) is 0 Å². The van der Waals surface area contributed by atoms with Crippen molar-refractivity contribution in [2.45, 2.75) is 24.3 Å². The van der Waals surface area contributed by atoms with Gasteiger partial charge in [-0.3, -0.25) is 19.3 Å². The van der Waals surface area contributed by atoms with Gasteiger partial charge in [-0.05, 0) is 55.8 Å². The molecule has 32 heavy (non-hydrogen) atoms. The lowest BCUT2D eigenvalue weighted by Crippen LogP contribution is -2.43. The second-order valence-electron chi connectivity index (χ2n) is 7.69. The number of para-hydroxylation sites is 1. The van der Waals surface area contributed by atoms with Crippen molar-refractivity contribution in [2.24, 2.45) is 11.7 Å². The van der Waals surface area contributed by atoms with Crippen LogP contribution in [0.1, 0.15) is 18.4 Å². The molecule has 7 nitrogen and oxygen atoms in total. The van der Waals surface area contributed by atoms with Gasteiger partial charge in [-0.1, -0.05) is 24.3 Å². The standard InChI is InChI=1S/C23H27FN4O3S/c24-18-7-5-16(6-8-18)13-26-23(31)17-9-11-28(12-10-17)14-22(30)27-19-3-1-2-4-20(19)32-15-21(25)29/h1-8,17H,9-15H2,(H2,25,29)(H,26,31)(H,27,30). The van der Waals surface area contributed by atoms with Crippen LogP contribution in [0.15, 0.2) is 53.4 Å². The molecule has 0 aliphatic carbocycles. The Balaban J connectivity index is 1.42. The topological polar surface area (TPSA) is 105 Å². The maximum atomic E-state index is 13.0. The molecule has 3 amide bonds. The van der Waals surface area contributed by atoms with Gasteiger partial charge < -0.3 is 16.4 Å². The van der Waals surface area contributed by atoms with Crippen LogP contribution in [0, 0.1) is 11.7 Å². The fourth-order valence-electron chi connectivity index (χ4n) is 3.53. The van der Waals surface area contributed by atoms with Gasteiger partial charge in [0.2, 0.25) is 17.7 Å². The number of nitrogens with two attached hydrogens (primary N) is 1. The molecular formula is C23H27FN4O3S. The first-order chi connectivity index (χ1) is 15.4. The van der Waals surface area contributed by atoms with E-state index in [4.69, 9.17) is 5.73 Å². The summed E-state index contributed by atoms with van der Waals surface area (Å²) in [5.41, 5.74) is 6.71. The van der Waals surface area contributed by atoms with Gasteiger partial charge in [-0.15, -0.1) is 11.8 Å². The first-order valence-electron chi connectivity index (χ1n) is 10.4. The normalized spacial score (nSPS) is 14.7. The summed E-state index contributed by atoms with van der Waals surface area (Å²) in [5, 5.41) is 5.81. The van der Waals surface area contributed by atoms with Crippen LogP contribution in [0.3, 0.4) is 0 Å². The second kappa shape index (κ2) is 11.6. The van der Waals surface area contributed by atoms with Crippen LogP contribution < -0.4 is 16.4 Å².